The Balaban J connectivity index is 1.68. The summed E-state index contributed by atoms with van der Waals surface area (Å²) in [5, 5.41) is 6.96. The molecule has 0 atom stereocenters. The molecule has 0 aliphatic heterocycles. The van der Waals surface area contributed by atoms with Gasteiger partial charge in [-0.3, -0.25) is 4.79 Å². The van der Waals surface area contributed by atoms with Gasteiger partial charge in [0, 0.05) is 9.75 Å². The molecule has 0 saturated heterocycles. The number of benzene rings is 1. The lowest BCUT2D eigenvalue weighted by Gasteiger charge is -2.10. The van der Waals surface area contributed by atoms with Crippen LogP contribution in [-0.4, -0.2) is 18.5 Å². The van der Waals surface area contributed by atoms with E-state index in [1.807, 2.05) is 35.0 Å². The summed E-state index contributed by atoms with van der Waals surface area (Å²) in [6.07, 6.45) is 1.75. The molecule has 3 rings (SSSR count). The molecule has 3 aromatic rings. The minimum Gasteiger partial charge on any atom is -0.452 e. The average molecular weight is 438 g/mol. The summed E-state index contributed by atoms with van der Waals surface area (Å²) in [6, 6.07) is 12.4. The topological polar surface area (TPSA) is 55.4 Å². The minimum atomic E-state index is -0.578. The molecule has 1 N–H and O–H groups in total. The predicted molar refractivity (Wildman–Crippen MR) is 113 cm³/mol. The van der Waals surface area contributed by atoms with Crippen molar-refractivity contribution in [1.82, 2.24) is 0 Å². The summed E-state index contributed by atoms with van der Waals surface area (Å²) in [4.78, 5) is 26.4. The first-order chi connectivity index (χ1) is 13.0. The number of carbonyl (C=O) groups excluding carboxylic acids is 2. The van der Waals surface area contributed by atoms with Crippen molar-refractivity contribution in [2.45, 2.75) is 0 Å². The normalized spacial score (nSPS) is 11.3. The van der Waals surface area contributed by atoms with E-state index in [0.717, 1.165) is 9.75 Å². The van der Waals surface area contributed by atoms with E-state index in [2.05, 4.69) is 5.32 Å². The number of hydrogen-bond donors (Lipinski definition) is 1. The molecule has 1 aromatic carbocycles. The monoisotopic (exact) mass is 437 g/mol. The maximum absolute atomic E-state index is 12.5. The fourth-order valence-electron chi connectivity index (χ4n) is 2.18. The summed E-state index contributed by atoms with van der Waals surface area (Å²) in [5.74, 6) is -1.11. The summed E-state index contributed by atoms with van der Waals surface area (Å²) in [7, 11) is 0. The van der Waals surface area contributed by atoms with Crippen LogP contribution in [0.3, 0.4) is 0 Å². The average Bonchev–Trinajstić information content (AvgIpc) is 3.34. The van der Waals surface area contributed by atoms with E-state index in [-0.39, 0.29) is 5.69 Å². The first-order valence-corrected chi connectivity index (χ1v) is 10.3. The zero-order valence-electron chi connectivity index (χ0n) is 13.8. The molecule has 0 fully saturated rings. The van der Waals surface area contributed by atoms with E-state index < -0.39 is 18.5 Å². The third kappa shape index (κ3) is 5.20. The highest BCUT2D eigenvalue weighted by molar-refractivity contribution is 7.12. The standard InChI is InChI=1S/C19H13Cl2NO3S2/c20-14-5-1-6-15(21)18(14)22-17(23)11-25-19(24)13(16-7-3-9-27-16)10-12-4-2-8-26-12/h1-10H,11H2,(H,22,23). The summed E-state index contributed by atoms with van der Waals surface area (Å²) in [5.41, 5.74) is 0.686. The van der Waals surface area contributed by atoms with Gasteiger partial charge in [-0.15, -0.1) is 22.7 Å². The van der Waals surface area contributed by atoms with Gasteiger partial charge in [-0.2, -0.15) is 0 Å². The molecule has 138 valence electrons. The van der Waals surface area contributed by atoms with Crippen molar-refractivity contribution in [3.05, 3.63) is 73.0 Å². The number of carbonyl (C=O) groups is 2. The Morgan fingerprint density at radius 3 is 2.33 bits per heavy atom. The maximum Gasteiger partial charge on any atom is 0.340 e. The van der Waals surface area contributed by atoms with Gasteiger partial charge in [0.2, 0.25) is 0 Å². The van der Waals surface area contributed by atoms with Gasteiger partial charge in [-0.1, -0.05) is 41.4 Å². The predicted octanol–water partition coefficient (Wildman–Crippen LogP) is 5.84. The highest BCUT2D eigenvalue weighted by Gasteiger charge is 2.17. The molecule has 8 heteroatoms. The second-order valence-corrected chi connectivity index (χ2v) is 8.01. The smallest absolute Gasteiger partial charge is 0.340 e. The molecule has 4 nitrogen and oxygen atoms in total. The number of halogens is 2. The van der Waals surface area contributed by atoms with Gasteiger partial charge < -0.3 is 10.1 Å². The molecule has 0 radical (unpaired) electrons. The minimum absolute atomic E-state index is 0.287. The molecule has 27 heavy (non-hydrogen) atoms. The van der Waals surface area contributed by atoms with E-state index in [1.54, 1.807) is 24.3 Å². The van der Waals surface area contributed by atoms with E-state index in [9.17, 15) is 9.59 Å². The van der Waals surface area contributed by atoms with Crippen LogP contribution in [0.4, 0.5) is 5.69 Å². The second kappa shape index (κ2) is 9.19. The van der Waals surface area contributed by atoms with Gasteiger partial charge >= 0.3 is 5.97 Å². The van der Waals surface area contributed by atoms with Crippen molar-refractivity contribution in [2.75, 3.05) is 11.9 Å². The molecule has 1 amide bonds. The molecule has 0 aliphatic carbocycles. The molecular weight excluding hydrogens is 425 g/mol. The Morgan fingerprint density at radius 2 is 1.70 bits per heavy atom. The van der Waals surface area contributed by atoms with Crippen LogP contribution in [0, 0.1) is 0 Å². The Bertz CT molecular complexity index is 947. The molecule has 0 saturated carbocycles. The lowest BCUT2D eigenvalue weighted by Crippen LogP contribution is -2.21. The van der Waals surface area contributed by atoms with Crippen molar-refractivity contribution < 1.29 is 14.3 Å². The Morgan fingerprint density at radius 1 is 1.00 bits per heavy atom. The van der Waals surface area contributed by atoms with Crippen LogP contribution in [0.1, 0.15) is 9.75 Å². The number of ether oxygens (including phenoxy) is 1. The number of nitrogens with one attached hydrogen (secondary N) is 1. The van der Waals surface area contributed by atoms with E-state index >= 15 is 0 Å². The lowest BCUT2D eigenvalue weighted by molar-refractivity contribution is -0.141. The number of esters is 1. The van der Waals surface area contributed by atoms with Gasteiger partial charge in [0.05, 0.1) is 21.3 Å². The van der Waals surface area contributed by atoms with Crippen LogP contribution in [-0.2, 0) is 14.3 Å². The first kappa shape index (κ1) is 19.6. The van der Waals surface area contributed by atoms with Crippen LogP contribution >= 0.6 is 45.9 Å². The van der Waals surface area contributed by atoms with E-state index in [1.165, 1.54) is 22.7 Å². The van der Waals surface area contributed by atoms with Gasteiger partial charge in [-0.05, 0) is 41.1 Å². The number of thiophene rings is 2. The van der Waals surface area contributed by atoms with Crippen molar-refractivity contribution >= 4 is 75.1 Å². The zero-order valence-corrected chi connectivity index (χ0v) is 16.9. The van der Waals surface area contributed by atoms with Gasteiger partial charge in [0.15, 0.2) is 6.61 Å². The molecule has 2 aromatic heterocycles. The molecule has 0 bridgehead atoms. The maximum atomic E-state index is 12.5. The number of anilines is 1. The van der Waals surface area contributed by atoms with Crippen LogP contribution in [0.2, 0.25) is 10.0 Å². The van der Waals surface area contributed by atoms with Crippen LogP contribution < -0.4 is 5.32 Å². The third-order valence-corrected chi connectivity index (χ3v) is 5.75. The van der Waals surface area contributed by atoms with Crippen LogP contribution in [0.15, 0.2) is 53.2 Å². The number of hydrogen-bond acceptors (Lipinski definition) is 5. The highest BCUT2D eigenvalue weighted by Crippen LogP contribution is 2.30. The SMILES string of the molecule is O=C(COC(=O)C(=Cc1cccs1)c1cccs1)Nc1c(Cl)cccc1Cl. The van der Waals surface area contributed by atoms with Gasteiger partial charge in [0.25, 0.3) is 5.91 Å². The van der Waals surface area contributed by atoms with E-state index in [0.29, 0.717) is 15.6 Å². The quantitative estimate of drug-likeness (QED) is 0.389. The molecule has 2 heterocycles. The van der Waals surface area contributed by atoms with Crippen molar-refractivity contribution in [3.8, 4) is 0 Å². The summed E-state index contributed by atoms with van der Waals surface area (Å²) >= 11 is 15.0. The lowest BCUT2D eigenvalue weighted by atomic mass is 10.2. The Hall–Kier alpha value is -2.12. The molecule has 0 spiro atoms. The summed E-state index contributed by atoms with van der Waals surface area (Å²) in [6.45, 7) is -0.451. The first-order valence-electron chi connectivity index (χ1n) is 7.74. The van der Waals surface area contributed by atoms with Crippen molar-refractivity contribution in [2.24, 2.45) is 0 Å². The number of para-hydroxylation sites is 1. The van der Waals surface area contributed by atoms with Crippen LogP contribution in [0.5, 0.6) is 0 Å². The van der Waals surface area contributed by atoms with Gasteiger partial charge in [-0.25, -0.2) is 4.79 Å². The molecule has 0 aliphatic rings. The second-order valence-electron chi connectivity index (χ2n) is 5.27. The zero-order chi connectivity index (χ0) is 19.2. The molecule has 0 unspecified atom stereocenters. The van der Waals surface area contributed by atoms with E-state index in [4.69, 9.17) is 27.9 Å². The largest absolute Gasteiger partial charge is 0.452 e. The Kier molecular flexibility index (Phi) is 6.68. The van der Waals surface area contributed by atoms with Crippen molar-refractivity contribution in [1.29, 1.82) is 0 Å². The highest BCUT2D eigenvalue weighted by atomic mass is 35.5. The van der Waals surface area contributed by atoms with Crippen LogP contribution in [0.25, 0.3) is 11.6 Å². The fraction of sp³-hybridized carbons (Fsp3) is 0.0526. The van der Waals surface area contributed by atoms with Gasteiger partial charge in [0.1, 0.15) is 0 Å². The van der Waals surface area contributed by atoms with Crippen molar-refractivity contribution in [3.63, 3.8) is 0 Å². The number of rotatable bonds is 6. The number of amides is 1. The Labute approximate surface area is 174 Å². The molecular formula is C19H13Cl2NO3S2. The summed E-state index contributed by atoms with van der Waals surface area (Å²) < 4.78 is 5.20. The fourth-order valence-corrected chi connectivity index (χ4v) is 4.06. The third-order valence-electron chi connectivity index (χ3n) is 3.40.